The van der Waals surface area contributed by atoms with Gasteiger partial charge in [-0.25, -0.2) is 9.37 Å². The molecule has 146 valence electrons. The minimum absolute atomic E-state index is 0.250. The number of anilines is 3. The standard InChI is InChI=1S/C21H24FN5O/c22-15-12-24-19(25-14-3-1-13(2-4-14)17(23)28)27-18(15)26-16-11-21(16)9-7-20(5-6-20)8-10-21/h1-4,12,16H,5-11H2,(H2,23,28)(H2,24,25,26,27)/t16-/m0/s1. The summed E-state index contributed by atoms with van der Waals surface area (Å²) in [4.78, 5) is 19.5. The van der Waals surface area contributed by atoms with Gasteiger partial charge in [-0.15, -0.1) is 0 Å². The summed E-state index contributed by atoms with van der Waals surface area (Å²) in [6, 6.07) is 6.97. The van der Waals surface area contributed by atoms with E-state index < -0.39 is 11.7 Å². The second-order valence-electron chi connectivity index (χ2n) is 8.72. The number of benzene rings is 1. The molecule has 0 saturated heterocycles. The lowest BCUT2D eigenvalue weighted by molar-refractivity contribution is 0.100. The quantitative estimate of drug-likeness (QED) is 0.728. The van der Waals surface area contributed by atoms with E-state index in [1.165, 1.54) is 44.7 Å². The first-order chi connectivity index (χ1) is 13.5. The van der Waals surface area contributed by atoms with Gasteiger partial charge < -0.3 is 16.4 Å². The molecule has 28 heavy (non-hydrogen) atoms. The smallest absolute Gasteiger partial charge is 0.248 e. The van der Waals surface area contributed by atoms with Crippen molar-refractivity contribution in [1.29, 1.82) is 0 Å². The summed E-state index contributed by atoms with van der Waals surface area (Å²) in [6.45, 7) is 0. The van der Waals surface area contributed by atoms with Crippen LogP contribution in [0.3, 0.4) is 0 Å². The van der Waals surface area contributed by atoms with E-state index in [9.17, 15) is 9.18 Å². The van der Waals surface area contributed by atoms with Crippen LogP contribution in [0.4, 0.5) is 21.8 Å². The van der Waals surface area contributed by atoms with Crippen molar-refractivity contribution in [3.8, 4) is 0 Å². The third-order valence-corrected chi connectivity index (χ3v) is 6.93. The fourth-order valence-corrected chi connectivity index (χ4v) is 4.60. The summed E-state index contributed by atoms with van der Waals surface area (Å²) < 4.78 is 14.3. The van der Waals surface area contributed by atoms with Crippen molar-refractivity contribution in [2.24, 2.45) is 16.6 Å². The molecule has 1 aromatic heterocycles. The van der Waals surface area contributed by atoms with Gasteiger partial charge in [0.1, 0.15) is 0 Å². The average molecular weight is 381 g/mol. The second kappa shape index (κ2) is 6.15. The van der Waals surface area contributed by atoms with Gasteiger partial charge in [0.2, 0.25) is 11.9 Å². The Morgan fingerprint density at radius 3 is 2.43 bits per heavy atom. The molecule has 0 radical (unpaired) electrons. The van der Waals surface area contributed by atoms with Crippen molar-refractivity contribution in [1.82, 2.24) is 9.97 Å². The molecule has 3 aliphatic carbocycles. The van der Waals surface area contributed by atoms with Gasteiger partial charge in [-0.05, 0) is 80.0 Å². The Morgan fingerprint density at radius 1 is 1.11 bits per heavy atom. The van der Waals surface area contributed by atoms with Gasteiger partial charge in [0, 0.05) is 17.3 Å². The van der Waals surface area contributed by atoms with Crippen LogP contribution in [0.5, 0.6) is 0 Å². The molecule has 4 N–H and O–H groups in total. The molecule has 0 aliphatic heterocycles. The van der Waals surface area contributed by atoms with Crippen LogP contribution in [0.25, 0.3) is 0 Å². The number of nitrogens with one attached hydrogen (secondary N) is 2. The van der Waals surface area contributed by atoms with Crippen LogP contribution in [-0.2, 0) is 0 Å². The molecule has 1 atom stereocenters. The van der Waals surface area contributed by atoms with Crippen molar-refractivity contribution < 1.29 is 9.18 Å². The Labute approximate surface area is 163 Å². The van der Waals surface area contributed by atoms with Crippen LogP contribution >= 0.6 is 0 Å². The van der Waals surface area contributed by atoms with E-state index in [0.29, 0.717) is 34.1 Å². The van der Waals surface area contributed by atoms with E-state index in [0.717, 1.165) is 6.42 Å². The SMILES string of the molecule is NC(=O)c1ccc(Nc2ncc(F)c(N[C@H]3CC34CCC3(CC3)CC4)n2)cc1. The summed E-state index contributed by atoms with van der Waals surface area (Å²) in [5.41, 5.74) is 7.38. The number of primary amides is 1. The van der Waals surface area contributed by atoms with Crippen molar-refractivity contribution in [2.75, 3.05) is 10.6 Å². The summed E-state index contributed by atoms with van der Waals surface area (Å²) in [7, 11) is 0. The molecular formula is C21H24FN5O. The maximum atomic E-state index is 14.3. The van der Waals surface area contributed by atoms with Crippen LogP contribution in [0, 0.1) is 16.6 Å². The number of carbonyl (C=O) groups is 1. The normalized spacial score (nSPS) is 23.4. The van der Waals surface area contributed by atoms with Crippen molar-refractivity contribution in [2.45, 2.75) is 51.0 Å². The maximum Gasteiger partial charge on any atom is 0.248 e. The highest BCUT2D eigenvalue weighted by atomic mass is 19.1. The van der Waals surface area contributed by atoms with E-state index in [1.807, 2.05) is 0 Å². The predicted molar refractivity (Wildman–Crippen MR) is 105 cm³/mol. The predicted octanol–water partition coefficient (Wildman–Crippen LogP) is 3.98. The van der Waals surface area contributed by atoms with Gasteiger partial charge in [-0.3, -0.25) is 4.79 Å². The lowest BCUT2D eigenvalue weighted by Crippen LogP contribution is -2.22. The summed E-state index contributed by atoms with van der Waals surface area (Å²) in [6.07, 6.45) is 10.2. The van der Waals surface area contributed by atoms with Gasteiger partial charge in [-0.1, -0.05) is 0 Å². The largest absolute Gasteiger partial charge is 0.366 e. The van der Waals surface area contributed by atoms with Crippen LogP contribution < -0.4 is 16.4 Å². The van der Waals surface area contributed by atoms with Crippen molar-refractivity contribution in [3.05, 3.63) is 41.8 Å². The molecule has 2 spiro atoms. The van der Waals surface area contributed by atoms with Gasteiger partial charge in [0.05, 0.1) is 6.20 Å². The van der Waals surface area contributed by atoms with Gasteiger partial charge in [-0.2, -0.15) is 4.98 Å². The first-order valence-corrected chi connectivity index (χ1v) is 9.93. The fourth-order valence-electron chi connectivity index (χ4n) is 4.60. The Bertz CT molecular complexity index is 915. The minimum atomic E-state index is -0.482. The number of nitrogens with zero attached hydrogens (tertiary/aromatic N) is 2. The van der Waals surface area contributed by atoms with Crippen molar-refractivity contribution >= 4 is 23.4 Å². The molecule has 1 aromatic carbocycles. The molecule has 3 fully saturated rings. The Morgan fingerprint density at radius 2 is 1.79 bits per heavy atom. The van der Waals surface area contributed by atoms with E-state index in [1.54, 1.807) is 24.3 Å². The molecule has 7 heteroatoms. The second-order valence-corrected chi connectivity index (χ2v) is 8.72. The Hall–Kier alpha value is -2.70. The Balaban J connectivity index is 1.25. The first-order valence-electron chi connectivity index (χ1n) is 9.93. The van der Waals surface area contributed by atoms with E-state index in [2.05, 4.69) is 20.6 Å². The lowest BCUT2D eigenvalue weighted by Gasteiger charge is -2.29. The fraction of sp³-hybridized carbons (Fsp3) is 0.476. The molecule has 0 bridgehead atoms. The number of halogens is 1. The van der Waals surface area contributed by atoms with Gasteiger partial charge >= 0.3 is 0 Å². The topological polar surface area (TPSA) is 92.9 Å². The first kappa shape index (κ1) is 17.4. The van der Waals surface area contributed by atoms with Crippen LogP contribution in [0.15, 0.2) is 30.5 Å². The molecule has 1 amide bonds. The monoisotopic (exact) mass is 381 g/mol. The highest BCUT2D eigenvalue weighted by molar-refractivity contribution is 5.93. The van der Waals surface area contributed by atoms with E-state index >= 15 is 0 Å². The van der Waals surface area contributed by atoms with Crippen LogP contribution in [-0.4, -0.2) is 21.9 Å². The number of nitrogens with two attached hydrogens (primary N) is 1. The molecule has 6 nitrogen and oxygen atoms in total. The molecule has 3 aliphatic rings. The number of aromatic nitrogens is 2. The zero-order valence-corrected chi connectivity index (χ0v) is 15.7. The van der Waals surface area contributed by atoms with E-state index in [4.69, 9.17) is 5.73 Å². The maximum absolute atomic E-state index is 14.3. The van der Waals surface area contributed by atoms with E-state index in [-0.39, 0.29) is 5.82 Å². The summed E-state index contributed by atoms with van der Waals surface area (Å²) >= 11 is 0. The number of carbonyl (C=O) groups excluding carboxylic acids is 1. The average Bonchev–Trinajstić information content (AvgIpc) is 3.59. The molecular weight excluding hydrogens is 357 g/mol. The third-order valence-electron chi connectivity index (χ3n) is 6.93. The van der Waals surface area contributed by atoms with Gasteiger partial charge in [0.15, 0.2) is 11.6 Å². The molecule has 5 rings (SSSR count). The van der Waals surface area contributed by atoms with Gasteiger partial charge in [0.25, 0.3) is 0 Å². The highest BCUT2D eigenvalue weighted by Crippen LogP contribution is 2.66. The number of amides is 1. The van der Waals surface area contributed by atoms with Crippen LogP contribution in [0.2, 0.25) is 0 Å². The number of hydrogen-bond donors (Lipinski definition) is 3. The molecule has 3 saturated carbocycles. The lowest BCUT2D eigenvalue weighted by atomic mass is 9.77. The summed E-state index contributed by atoms with van der Waals surface area (Å²) in [5, 5.41) is 6.36. The highest BCUT2D eigenvalue weighted by Gasteiger charge is 2.59. The van der Waals surface area contributed by atoms with Crippen LogP contribution in [0.1, 0.15) is 55.3 Å². The zero-order valence-electron chi connectivity index (χ0n) is 15.7. The zero-order chi connectivity index (χ0) is 19.4. The molecule has 0 unspecified atom stereocenters. The minimum Gasteiger partial charge on any atom is -0.366 e. The molecule has 1 heterocycles. The number of rotatable bonds is 5. The third kappa shape index (κ3) is 3.19. The number of hydrogen-bond acceptors (Lipinski definition) is 5. The van der Waals surface area contributed by atoms with Crippen molar-refractivity contribution in [3.63, 3.8) is 0 Å². The summed E-state index contributed by atoms with van der Waals surface area (Å²) in [5.74, 6) is -0.359. The Kier molecular flexibility index (Phi) is 3.82. The molecule has 2 aromatic rings.